The summed E-state index contributed by atoms with van der Waals surface area (Å²) in [4.78, 5) is 14.8. The molecular formula is C18H31N3O. The van der Waals surface area contributed by atoms with Gasteiger partial charge in [0.25, 0.3) is 0 Å². The number of likely N-dealkylation sites (tertiary alicyclic amines) is 1. The van der Waals surface area contributed by atoms with Crippen molar-refractivity contribution in [2.45, 2.75) is 82.3 Å². The average Bonchev–Trinajstić information content (AvgIpc) is 3.44. The van der Waals surface area contributed by atoms with Crippen LogP contribution in [0.1, 0.15) is 64.2 Å². The molecule has 0 radical (unpaired) electrons. The number of piperidine rings is 1. The van der Waals surface area contributed by atoms with E-state index in [1.807, 2.05) is 0 Å². The summed E-state index contributed by atoms with van der Waals surface area (Å²) >= 11 is 0. The minimum absolute atomic E-state index is 0.0909. The molecule has 1 aliphatic heterocycles. The summed E-state index contributed by atoms with van der Waals surface area (Å²) in [5.74, 6) is 1.67. The molecule has 0 aromatic rings. The third kappa shape index (κ3) is 3.58. The fourth-order valence-electron chi connectivity index (χ4n) is 4.71. The minimum Gasteiger partial charge on any atom is -0.335 e. The van der Waals surface area contributed by atoms with Gasteiger partial charge in [-0.1, -0.05) is 32.1 Å². The molecule has 3 aliphatic carbocycles. The van der Waals surface area contributed by atoms with Crippen molar-refractivity contribution in [3.05, 3.63) is 0 Å². The van der Waals surface area contributed by atoms with E-state index in [9.17, 15) is 4.79 Å². The molecule has 0 bridgehead atoms. The van der Waals surface area contributed by atoms with Crippen LogP contribution in [0, 0.1) is 11.8 Å². The maximum Gasteiger partial charge on any atom is 0.315 e. The van der Waals surface area contributed by atoms with Crippen LogP contribution in [0.15, 0.2) is 0 Å². The van der Waals surface area contributed by atoms with E-state index < -0.39 is 0 Å². The Morgan fingerprint density at radius 1 is 0.864 bits per heavy atom. The van der Waals surface area contributed by atoms with Crippen molar-refractivity contribution in [2.75, 3.05) is 13.1 Å². The molecule has 0 unspecified atom stereocenters. The number of urea groups is 1. The van der Waals surface area contributed by atoms with Gasteiger partial charge in [0.1, 0.15) is 0 Å². The Morgan fingerprint density at radius 3 is 2.27 bits per heavy atom. The van der Waals surface area contributed by atoms with Gasteiger partial charge in [-0.3, -0.25) is 0 Å². The maximum absolute atomic E-state index is 12.2. The van der Waals surface area contributed by atoms with Crippen molar-refractivity contribution >= 4 is 6.03 Å². The Hall–Kier alpha value is -0.770. The molecule has 4 heteroatoms. The van der Waals surface area contributed by atoms with E-state index in [0.717, 1.165) is 30.7 Å². The van der Waals surface area contributed by atoms with Crippen LogP contribution in [0.5, 0.6) is 0 Å². The van der Waals surface area contributed by atoms with Gasteiger partial charge in [-0.25, -0.2) is 4.79 Å². The third-order valence-corrected chi connectivity index (χ3v) is 6.34. The van der Waals surface area contributed by atoms with Crippen molar-refractivity contribution in [1.29, 1.82) is 0 Å². The SMILES string of the molecule is O=C(NC1CCN(C2CC2)CC1)N[C@H]1C[C@H]1C1CCCCC1. The summed E-state index contributed by atoms with van der Waals surface area (Å²) in [6.07, 6.45) is 13.3. The zero-order chi connectivity index (χ0) is 14.9. The van der Waals surface area contributed by atoms with E-state index in [-0.39, 0.29) is 6.03 Å². The van der Waals surface area contributed by atoms with Gasteiger partial charge in [-0.15, -0.1) is 0 Å². The standard InChI is InChI=1S/C18H31N3O/c22-18(19-14-8-10-21(11-9-14)15-6-7-15)20-17-12-16(17)13-4-2-1-3-5-13/h13-17H,1-12H2,(H2,19,20,22)/t16-,17-/m0/s1. The number of carbonyl (C=O) groups is 1. The fraction of sp³-hybridized carbons (Fsp3) is 0.944. The number of hydrogen-bond donors (Lipinski definition) is 2. The van der Waals surface area contributed by atoms with Crippen LogP contribution in [0.25, 0.3) is 0 Å². The maximum atomic E-state index is 12.2. The van der Waals surface area contributed by atoms with E-state index in [1.165, 1.54) is 64.5 Å². The first-order valence-electron chi connectivity index (χ1n) is 9.60. The first-order valence-corrected chi connectivity index (χ1v) is 9.60. The van der Waals surface area contributed by atoms with Crippen LogP contribution in [0.2, 0.25) is 0 Å². The van der Waals surface area contributed by atoms with E-state index in [1.54, 1.807) is 0 Å². The van der Waals surface area contributed by atoms with Gasteiger partial charge in [-0.05, 0) is 43.9 Å². The largest absolute Gasteiger partial charge is 0.335 e. The highest BCUT2D eigenvalue weighted by atomic mass is 16.2. The summed E-state index contributed by atoms with van der Waals surface area (Å²) in [6.45, 7) is 2.34. The zero-order valence-corrected chi connectivity index (χ0v) is 13.7. The van der Waals surface area contributed by atoms with Crippen molar-refractivity contribution in [3.63, 3.8) is 0 Å². The lowest BCUT2D eigenvalue weighted by Gasteiger charge is -2.32. The second kappa shape index (κ2) is 6.38. The van der Waals surface area contributed by atoms with Gasteiger partial charge >= 0.3 is 6.03 Å². The van der Waals surface area contributed by atoms with Gasteiger partial charge in [0.15, 0.2) is 0 Å². The molecule has 2 amide bonds. The minimum atomic E-state index is 0.0909. The molecule has 0 spiro atoms. The first kappa shape index (κ1) is 14.8. The quantitative estimate of drug-likeness (QED) is 0.839. The highest BCUT2D eigenvalue weighted by molar-refractivity contribution is 5.75. The highest BCUT2D eigenvalue weighted by Gasteiger charge is 2.44. The third-order valence-electron chi connectivity index (χ3n) is 6.34. The lowest BCUT2D eigenvalue weighted by atomic mass is 9.85. The Morgan fingerprint density at radius 2 is 1.59 bits per heavy atom. The molecule has 4 nitrogen and oxygen atoms in total. The normalized spacial score (nSPS) is 34.4. The molecule has 22 heavy (non-hydrogen) atoms. The average molecular weight is 305 g/mol. The topological polar surface area (TPSA) is 44.4 Å². The summed E-state index contributed by atoms with van der Waals surface area (Å²) in [6, 6.07) is 1.82. The van der Waals surface area contributed by atoms with Crippen molar-refractivity contribution in [3.8, 4) is 0 Å². The predicted octanol–water partition coefficient (Wildman–Crippen LogP) is 2.88. The fourth-order valence-corrected chi connectivity index (χ4v) is 4.71. The van der Waals surface area contributed by atoms with Crippen molar-refractivity contribution < 1.29 is 4.79 Å². The highest BCUT2D eigenvalue weighted by Crippen LogP contribution is 2.44. The van der Waals surface area contributed by atoms with Crippen molar-refractivity contribution in [2.24, 2.45) is 11.8 Å². The molecule has 1 heterocycles. The van der Waals surface area contributed by atoms with E-state index in [2.05, 4.69) is 15.5 Å². The van der Waals surface area contributed by atoms with Crippen LogP contribution < -0.4 is 10.6 Å². The Balaban J connectivity index is 1.15. The molecule has 3 saturated carbocycles. The molecule has 0 aromatic carbocycles. The molecule has 4 rings (SSSR count). The van der Waals surface area contributed by atoms with Gasteiger partial charge in [-0.2, -0.15) is 0 Å². The number of carbonyl (C=O) groups excluding carboxylic acids is 1. The summed E-state index contributed by atoms with van der Waals surface area (Å²) in [7, 11) is 0. The summed E-state index contributed by atoms with van der Waals surface area (Å²) < 4.78 is 0. The summed E-state index contributed by atoms with van der Waals surface area (Å²) in [5, 5.41) is 6.45. The number of hydrogen-bond acceptors (Lipinski definition) is 2. The van der Waals surface area contributed by atoms with E-state index in [4.69, 9.17) is 0 Å². The summed E-state index contributed by atoms with van der Waals surface area (Å²) in [5.41, 5.74) is 0. The number of rotatable bonds is 4. The van der Waals surface area contributed by atoms with Gasteiger partial charge < -0.3 is 15.5 Å². The smallest absolute Gasteiger partial charge is 0.315 e. The van der Waals surface area contributed by atoms with E-state index >= 15 is 0 Å². The molecular weight excluding hydrogens is 274 g/mol. The Kier molecular flexibility index (Phi) is 4.29. The van der Waals surface area contributed by atoms with Crippen molar-refractivity contribution in [1.82, 2.24) is 15.5 Å². The Labute approximate surface area is 134 Å². The molecule has 1 saturated heterocycles. The van der Waals surface area contributed by atoms with Crippen LogP contribution in [-0.4, -0.2) is 42.1 Å². The lowest BCUT2D eigenvalue weighted by Crippen LogP contribution is -2.49. The monoisotopic (exact) mass is 305 g/mol. The van der Waals surface area contributed by atoms with Gasteiger partial charge in [0.2, 0.25) is 0 Å². The number of nitrogens with zero attached hydrogens (tertiary/aromatic N) is 1. The molecule has 4 fully saturated rings. The van der Waals surface area contributed by atoms with Gasteiger partial charge in [0.05, 0.1) is 0 Å². The number of nitrogens with one attached hydrogen (secondary N) is 2. The molecule has 4 aliphatic rings. The molecule has 0 aromatic heterocycles. The predicted molar refractivity (Wildman–Crippen MR) is 87.8 cm³/mol. The lowest BCUT2D eigenvalue weighted by molar-refractivity contribution is 0.185. The first-order chi connectivity index (χ1) is 10.8. The van der Waals surface area contributed by atoms with Gasteiger partial charge in [0, 0.05) is 31.2 Å². The second-order valence-electron chi connectivity index (χ2n) is 8.06. The molecule has 2 N–H and O–H groups in total. The van der Waals surface area contributed by atoms with Crippen LogP contribution in [0.4, 0.5) is 4.79 Å². The number of amides is 2. The van der Waals surface area contributed by atoms with Crippen LogP contribution >= 0.6 is 0 Å². The second-order valence-corrected chi connectivity index (χ2v) is 8.06. The van der Waals surface area contributed by atoms with Crippen LogP contribution in [0.3, 0.4) is 0 Å². The van der Waals surface area contributed by atoms with E-state index in [0.29, 0.717) is 12.1 Å². The Bertz CT molecular complexity index is 395. The van der Waals surface area contributed by atoms with Crippen LogP contribution in [-0.2, 0) is 0 Å². The molecule has 124 valence electrons. The molecule has 2 atom stereocenters. The zero-order valence-electron chi connectivity index (χ0n) is 13.7.